The second-order valence-electron chi connectivity index (χ2n) is 6.21. The summed E-state index contributed by atoms with van der Waals surface area (Å²) < 4.78 is 5.20. The molecule has 2 N–H and O–H groups in total. The molecule has 2 rings (SSSR count). The second kappa shape index (κ2) is 6.23. The van der Waals surface area contributed by atoms with E-state index in [9.17, 15) is 4.79 Å². The summed E-state index contributed by atoms with van der Waals surface area (Å²) in [6, 6.07) is 0. The summed E-state index contributed by atoms with van der Waals surface area (Å²) in [6.07, 6.45) is 5.92. The van der Waals surface area contributed by atoms with Crippen LogP contribution in [0.5, 0.6) is 0 Å². The first-order chi connectivity index (χ1) is 9.10. The van der Waals surface area contributed by atoms with Crippen LogP contribution in [0.3, 0.4) is 0 Å². The standard InChI is InChI=1S/C15H28N2O2/c1-3-5-12-8-9-17(10-12)11-15(16,13-6-7-13)14(18)19-4-2/h12-13H,3-11,16H2,1-2H3. The third-order valence-corrected chi connectivity index (χ3v) is 4.51. The van der Waals surface area contributed by atoms with E-state index in [4.69, 9.17) is 10.5 Å². The van der Waals surface area contributed by atoms with E-state index in [-0.39, 0.29) is 5.97 Å². The summed E-state index contributed by atoms with van der Waals surface area (Å²) in [5.74, 6) is 0.920. The highest BCUT2D eigenvalue weighted by atomic mass is 16.5. The molecule has 110 valence electrons. The van der Waals surface area contributed by atoms with Crippen molar-refractivity contribution in [2.75, 3.05) is 26.2 Å². The monoisotopic (exact) mass is 268 g/mol. The molecule has 0 radical (unpaired) electrons. The van der Waals surface area contributed by atoms with E-state index in [1.54, 1.807) is 0 Å². The van der Waals surface area contributed by atoms with Crippen LogP contribution >= 0.6 is 0 Å². The van der Waals surface area contributed by atoms with E-state index in [0.717, 1.165) is 31.8 Å². The van der Waals surface area contributed by atoms with Crippen molar-refractivity contribution in [3.05, 3.63) is 0 Å². The highest BCUT2D eigenvalue weighted by Crippen LogP contribution is 2.40. The lowest BCUT2D eigenvalue weighted by Crippen LogP contribution is -2.58. The highest BCUT2D eigenvalue weighted by Gasteiger charge is 2.50. The maximum Gasteiger partial charge on any atom is 0.327 e. The van der Waals surface area contributed by atoms with Gasteiger partial charge in [0.05, 0.1) is 6.61 Å². The van der Waals surface area contributed by atoms with Gasteiger partial charge in [-0.15, -0.1) is 0 Å². The molecule has 1 heterocycles. The first-order valence-electron chi connectivity index (χ1n) is 7.78. The SMILES string of the molecule is CCCC1CCN(CC(N)(C(=O)OCC)C2CC2)C1. The van der Waals surface area contributed by atoms with Crippen molar-refractivity contribution in [1.82, 2.24) is 4.90 Å². The Labute approximate surface area is 116 Å². The lowest BCUT2D eigenvalue weighted by atomic mass is 9.93. The second-order valence-corrected chi connectivity index (χ2v) is 6.21. The van der Waals surface area contributed by atoms with Crippen LogP contribution in [0.25, 0.3) is 0 Å². The summed E-state index contributed by atoms with van der Waals surface area (Å²) in [6.45, 7) is 7.35. The van der Waals surface area contributed by atoms with Crippen LogP contribution in [0.1, 0.15) is 46.0 Å². The van der Waals surface area contributed by atoms with Crippen LogP contribution in [-0.2, 0) is 9.53 Å². The molecule has 2 unspecified atom stereocenters. The molecule has 2 fully saturated rings. The molecule has 0 bridgehead atoms. The molecule has 0 amide bonds. The quantitative estimate of drug-likeness (QED) is 0.715. The number of nitrogens with two attached hydrogens (primary N) is 1. The molecule has 19 heavy (non-hydrogen) atoms. The number of carbonyl (C=O) groups is 1. The lowest BCUT2D eigenvalue weighted by Gasteiger charge is -2.31. The maximum atomic E-state index is 12.2. The summed E-state index contributed by atoms with van der Waals surface area (Å²) in [4.78, 5) is 14.5. The average molecular weight is 268 g/mol. The van der Waals surface area contributed by atoms with E-state index in [1.165, 1.54) is 19.3 Å². The Morgan fingerprint density at radius 1 is 1.37 bits per heavy atom. The summed E-state index contributed by atoms with van der Waals surface area (Å²) in [7, 11) is 0. The van der Waals surface area contributed by atoms with Crippen molar-refractivity contribution < 1.29 is 9.53 Å². The van der Waals surface area contributed by atoms with Crippen molar-refractivity contribution in [3.63, 3.8) is 0 Å². The van der Waals surface area contributed by atoms with Gasteiger partial charge >= 0.3 is 5.97 Å². The number of ether oxygens (including phenoxy) is 1. The van der Waals surface area contributed by atoms with Gasteiger partial charge in [0.15, 0.2) is 0 Å². The van der Waals surface area contributed by atoms with Crippen molar-refractivity contribution in [2.24, 2.45) is 17.6 Å². The van der Waals surface area contributed by atoms with E-state index in [0.29, 0.717) is 19.1 Å². The van der Waals surface area contributed by atoms with Crippen molar-refractivity contribution in [1.29, 1.82) is 0 Å². The smallest absolute Gasteiger partial charge is 0.327 e. The number of rotatable bonds is 7. The number of likely N-dealkylation sites (tertiary alicyclic amines) is 1. The summed E-state index contributed by atoms with van der Waals surface area (Å²) in [5.41, 5.74) is 5.65. The zero-order chi connectivity index (χ0) is 13.9. The van der Waals surface area contributed by atoms with Gasteiger partial charge < -0.3 is 15.4 Å². The number of esters is 1. The minimum absolute atomic E-state index is 0.198. The van der Waals surface area contributed by atoms with Gasteiger partial charge in [-0.05, 0) is 51.0 Å². The molecule has 0 aromatic heterocycles. The molecule has 0 aromatic rings. The molecule has 0 spiro atoms. The zero-order valence-electron chi connectivity index (χ0n) is 12.4. The van der Waals surface area contributed by atoms with E-state index >= 15 is 0 Å². The van der Waals surface area contributed by atoms with E-state index < -0.39 is 5.54 Å². The van der Waals surface area contributed by atoms with Gasteiger partial charge in [-0.1, -0.05) is 13.3 Å². The third kappa shape index (κ3) is 3.48. The Kier molecular flexibility index (Phi) is 4.85. The van der Waals surface area contributed by atoms with Crippen LogP contribution < -0.4 is 5.73 Å². The van der Waals surface area contributed by atoms with Gasteiger partial charge in [-0.25, -0.2) is 4.79 Å². The average Bonchev–Trinajstić information content (AvgIpc) is 3.14. The van der Waals surface area contributed by atoms with Gasteiger partial charge in [-0.3, -0.25) is 0 Å². The third-order valence-electron chi connectivity index (χ3n) is 4.51. The maximum absolute atomic E-state index is 12.2. The van der Waals surface area contributed by atoms with Crippen LogP contribution in [0.15, 0.2) is 0 Å². The largest absolute Gasteiger partial charge is 0.465 e. The Bertz CT molecular complexity index is 317. The van der Waals surface area contributed by atoms with Crippen molar-refractivity contribution in [2.45, 2.75) is 51.5 Å². The minimum atomic E-state index is -0.767. The number of hydrogen-bond acceptors (Lipinski definition) is 4. The van der Waals surface area contributed by atoms with Crippen LogP contribution in [-0.4, -0.2) is 42.6 Å². The molecule has 0 aromatic carbocycles. The first kappa shape index (κ1) is 14.8. The Hall–Kier alpha value is -0.610. The summed E-state index contributed by atoms with van der Waals surface area (Å²) >= 11 is 0. The molecule has 2 aliphatic rings. The molecule has 1 aliphatic heterocycles. The van der Waals surface area contributed by atoms with Gasteiger partial charge in [0, 0.05) is 13.1 Å². The molecule has 1 saturated heterocycles. The van der Waals surface area contributed by atoms with Crippen molar-refractivity contribution >= 4 is 5.97 Å². The Morgan fingerprint density at radius 2 is 2.11 bits per heavy atom. The van der Waals surface area contributed by atoms with Gasteiger partial charge in [-0.2, -0.15) is 0 Å². The molecule has 4 nitrogen and oxygen atoms in total. The lowest BCUT2D eigenvalue weighted by molar-refractivity contribution is -0.151. The summed E-state index contributed by atoms with van der Waals surface area (Å²) in [5, 5.41) is 0. The fourth-order valence-corrected chi connectivity index (χ4v) is 3.29. The molecule has 1 saturated carbocycles. The van der Waals surface area contributed by atoms with Gasteiger partial charge in [0.25, 0.3) is 0 Å². The van der Waals surface area contributed by atoms with Crippen LogP contribution in [0.4, 0.5) is 0 Å². The Balaban J connectivity index is 1.92. The van der Waals surface area contributed by atoms with Crippen molar-refractivity contribution in [3.8, 4) is 0 Å². The number of carbonyl (C=O) groups excluding carboxylic acids is 1. The topological polar surface area (TPSA) is 55.6 Å². The molecular weight excluding hydrogens is 240 g/mol. The molecular formula is C15H28N2O2. The van der Waals surface area contributed by atoms with Crippen LogP contribution in [0.2, 0.25) is 0 Å². The number of nitrogens with zero attached hydrogens (tertiary/aromatic N) is 1. The van der Waals surface area contributed by atoms with Crippen LogP contribution in [0, 0.1) is 11.8 Å². The minimum Gasteiger partial charge on any atom is -0.465 e. The fourth-order valence-electron chi connectivity index (χ4n) is 3.29. The number of hydrogen-bond donors (Lipinski definition) is 1. The normalized spacial score (nSPS) is 27.2. The van der Waals surface area contributed by atoms with E-state index in [1.807, 2.05) is 6.92 Å². The zero-order valence-corrected chi connectivity index (χ0v) is 12.4. The first-order valence-corrected chi connectivity index (χ1v) is 7.78. The predicted molar refractivity (Wildman–Crippen MR) is 75.7 cm³/mol. The van der Waals surface area contributed by atoms with E-state index in [2.05, 4.69) is 11.8 Å². The fraction of sp³-hybridized carbons (Fsp3) is 0.933. The highest BCUT2D eigenvalue weighted by molar-refractivity contribution is 5.82. The molecule has 4 heteroatoms. The Morgan fingerprint density at radius 3 is 2.68 bits per heavy atom. The van der Waals surface area contributed by atoms with Gasteiger partial charge in [0.1, 0.15) is 5.54 Å². The van der Waals surface area contributed by atoms with Gasteiger partial charge in [0.2, 0.25) is 0 Å². The molecule has 1 aliphatic carbocycles. The predicted octanol–water partition coefficient (Wildman–Crippen LogP) is 1.78. The molecule has 2 atom stereocenters.